The van der Waals surface area contributed by atoms with Crippen molar-refractivity contribution in [3.63, 3.8) is 0 Å². The van der Waals surface area contributed by atoms with E-state index in [0.29, 0.717) is 17.1 Å². The zero-order valence-corrected chi connectivity index (χ0v) is 17.5. The maximum Gasteiger partial charge on any atom is 0.321 e. The standard InChI is InChI=1S/C18H20N6O5S/c1-11-9-14(24(2)22-11)17(25)19-12-5-7-13(8-6-12)30(26,27)23-15-10-16(28-3)21-18(20-15)29-4/h5-10H,1-4H3,(H,19,25)(H,20,21,23). The first-order valence-electron chi connectivity index (χ1n) is 8.64. The Balaban J connectivity index is 1.76. The van der Waals surface area contributed by atoms with Gasteiger partial charge in [0.2, 0.25) is 5.88 Å². The first-order valence-corrected chi connectivity index (χ1v) is 10.1. The molecule has 0 radical (unpaired) electrons. The zero-order chi connectivity index (χ0) is 21.9. The van der Waals surface area contributed by atoms with Gasteiger partial charge in [-0.2, -0.15) is 15.1 Å². The summed E-state index contributed by atoms with van der Waals surface area (Å²) in [6.07, 6.45) is 0. The molecule has 0 saturated carbocycles. The van der Waals surface area contributed by atoms with Gasteiger partial charge in [0.15, 0.2) is 5.82 Å². The van der Waals surface area contributed by atoms with Crippen molar-refractivity contribution < 1.29 is 22.7 Å². The average Bonchev–Trinajstić information content (AvgIpc) is 3.05. The monoisotopic (exact) mass is 432 g/mol. The fourth-order valence-electron chi connectivity index (χ4n) is 2.58. The van der Waals surface area contributed by atoms with E-state index < -0.39 is 10.0 Å². The molecule has 0 bridgehead atoms. The number of carbonyl (C=O) groups is 1. The smallest absolute Gasteiger partial charge is 0.321 e. The van der Waals surface area contributed by atoms with Crippen LogP contribution in [0.4, 0.5) is 11.5 Å². The third-order valence-electron chi connectivity index (χ3n) is 3.97. The van der Waals surface area contributed by atoms with Crippen LogP contribution in [-0.4, -0.2) is 48.3 Å². The van der Waals surface area contributed by atoms with Crippen molar-refractivity contribution in [1.82, 2.24) is 19.7 Å². The van der Waals surface area contributed by atoms with Gasteiger partial charge in [0.05, 0.1) is 24.8 Å². The lowest BCUT2D eigenvalue weighted by Crippen LogP contribution is -2.17. The predicted molar refractivity (Wildman–Crippen MR) is 108 cm³/mol. The number of aryl methyl sites for hydroxylation is 2. The minimum Gasteiger partial charge on any atom is -0.481 e. The summed E-state index contributed by atoms with van der Waals surface area (Å²) < 4.78 is 39.1. The molecule has 158 valence electrons. The lowest BCUT2D eigenvalue weighted by molar-refractivity contribution is 0.101. The van der Waals surface area contributed by atoms with Crippen LogP contribution in [0.25, 0.3) is 0 Å². The number of hydrogen-bond acceptors (Lipinski definition) is 8. The summed E-state index contributed by atoms with van der Waals surface area (Å²) in [5.41, 5.74) is 1.54. The van der Waals surface area contributed by atoms with Crippen molar-refractivity contribution in [3.05, 3.63) is 47.8 Å². The molecule has 0 aliphatic rings. The Labute approximate surface area is 173 Å². The van der Waals surface area contributed by atoms with E-state index in [9.17, 15) is 13.2 Å². The number of carbonyl (C=O) groups excluding carboxylic acids is 1. The Morgan fingerprint density at radius 2 is 1.77 bits per heavy atom. The SMILES string of the molecule is COc1cc(NS(=O)(=O)c2ccc(NC(=O)c3cc(C)nn3C)cc2)nc(OC)n1. The van der Waals surface area contributed by atoms with Crippen LogP contribution in [0.1, 0.15) is 16.2 Å². The Morgan fingerprint density at radius 1 is 1.07 bits per heavy atom. The molecule has 0 saturated heterocycles. The number of sulfonamides is 1. The van der Waals surface area contributed by atoms with Crippen molar-refractivity contribution in [2.24, 2.45) is 7.05 Å². The molecule has 2 aromatic heterocycles. The molecule has 3 rings (SSSR count). The number of rotatable bonds is 7. The van der Waals surface area contributed by atoms with E-state index in [1.807, 2.05) is 0 Å². The molecular weight excluding hydrogens is 412 g/mol. The van der Waals surface area contributed by atoms with Crippen molar-refractivity contribution in [2.45, 2.75) is 11.8 Å². The third-order valence-corrected chi connectivity index (χ3v) is 5.34. The number of nitrogens with zero attached hydrogens (tertiary/aromatic N) is 4. The molecule has 12 heteroatoms. The molecule has 2 N–H and O–H groups in total. The predicted octanol–water partition coefficient (Wildman–Crippen LogP) is 1.59. The molecule has 0 aliphatic carbocycles. The van der Waals surface area contributed by atoms with Crippen LogP contribution in [0.5, 0.6) is 11.9 Å². The van der Waals surface area contributed by atoms with E-state index in [1.54, 1.807) is 20.0 Å². The lowest BCUT2D eigenvalue weighted by Gasteiger charge is -2.10. The van der Waals surface area contributed by atoms with E-state index >= 15 is 0 Å². The molecule has 1 aromatic carbocycles. The second-order valence-corrected chi connectivity index (χ2v) is 7.84. The van der Waals surface area contributed by atoms with Crippen LogP contribution in [-0.2, 0) is 17.1 Å². The highest BCUT2D eigenvalue weighted by molar-refractivity contribution is 7.92. The van der Waals surface area contributed by atoms with Crippen LogP contribution in [0.15, 0.2) is 41.3 Å². The topological polar surface area (TPSA) is 137 Å². The maximum absolute atomic E-state index is 12.7. The second-order valence-electron chi connectivity index (χ2n) is 6.16. The van der Waals surface area contributed by atoms with Gasteiger partial charge in [-0.05, 0) is 37.3 Å². The molecule has 2 heterocycles. The number of anilines is 2. The molecule has 11 nitrogen and oxygen atoms in total. The Bertz CT molecular complexity index is 1150. The lowest BCUT2D eigenvalue weighted by atomic mass is 10.3. The zero-order valence-electron chi connectivity index (χ0n) is 16.7. The number of hydrogen-bond donors (Lipinski definition) is 2. The average molecular weight is 432 g/mol. The summed E-state index contributed by atoms with van der Waals surface area (Å²) in [6, 6.07) is 8.63. The summed E-state index contributed by atoms with van der Waals surface area (Å²) >= 11 is 0. The van der Waals surface area contributed by atoms with Crippen molar-refractivity contribution >= 4 is 27.4 Å². The van der Waals surface area contributed by atoms with Gasteiger partial charge in [0.25, 0.3) is 15.9 Å². The third kappa shape index (κ3) is 4.66. The number of benzene rings is 1. The molecule has 0 spiro atoms. The van der Waals surface area contributed by atoms with E-state index in [4.69, 9.17) is 9.47 Å². The van der Waals surface area contributed by atoms with E-state index in [1.165, 1.54) is 49.2 Å². The fourth-order valence-corrected chi connectivity index (χ4v) is 3.58. The molecule has 1 amide bonds. The highest BCUT2D eigenvalue weighted by Crippen LogP contribution is 2.21. The van der Waals surface area contributed by atoms with Gasteiger partial charge in [0.1, 0.15) is 5.69 Å². The summed E-state index contributed by atoms with van der Waals surface area (Å²) in [5, 5.41) is 6.83. The van der Waals surface area contributed by atoms with Gasteiger partial charge in [-0.15, -0.1) is 0 Å². The van der Waals surface area contributed by atoms with E-state index in [0.717, 1.165) is 0 Å². The summed E-state index contributed by atoms with van der Waals surface area (Å²) in [6.45, 7) is 1.78. The molecule has 0 aliphatic heterocycles. The van der Waals surface area contributed by atoms with Gasteiger partial charge < -0.3 is 14.8 Å². The number of methoxy groups -OCH3 is 2. The highest BCUT2D eigenvalue weighted by Gasteiger charge is 2.18. The number of amides is 1. The van der Waals surface area contributed by atoms with E-state index in [2.05, 4.69) is 25.1 Å². The Hall–Kier alpha value is -3.67. The molecule has 0 atom stereocenters. The van der Waals surface area contributed by atoms with Gasteiger partial charge in [-0.25, -0.2) is 8.42 Å². The molecule has 0 fully saturated rings. The van der Waals surface area contributed by atoms with Crippen LogP contribution >= 0.6 is 0 Å². The summed E-state index contributed by atoms with van der Waals surface area (Å²) in [5.74, 6) is -0.224. The van der Waals surface area contributed by atoms with Gasteiger partial charge in [-0.1, -0.05) is 0 Å². The van der Waals surface area contributed by atoms with Crippen LogP contribution in [0, 0.1) is 6.92 Å². The van der Waals surface area contributed by atoms with Gasteiger partial charge >= 0.3 is 6.01 Å². The molecular formula is C18H20N6O5S. The minimum absolute atomic E-state index is 0.0114. The van der Waals surface area contributed by atoms with Crippen LogP contribution in [0.2, 0.25) is 0 Å². The summed E-state index contributed by atoms with van der Waals surface area (Å²) in [7, 11) is 0.468. The quantitative estimate of drug-likeness (QED) is 0.574. The second kappa shape index (κ2) is 8.37. The molecule has 30 heavy (non-hydrogen) atoms. The van der Waals surface area contributed by atoms with E-state index in [-0.39, 0.29) is 28.5 Å². The highest BCUT2D eigenvalue weighted by atomic mass is 32.2. The maximum atomic E-state index is 12.7. The largest absolute Gasteiger partial charge is 0.481 e. The normalized spacial score (nSPS) is 11.1. The minimum atomic E-state index is -3.94. The van der Waals surface area contributed by atoms with Crippen molar-refractivity contribution in [1.29, 1.82) is 0 Å². The number of ether oxygens (including phenoxy) is 2. The number of aromatic nitrogens is 4. The number of nitrogens with one attached hydrogen (secondary N) is 2. The summed E-state index contributed by atoms with van der Waals surface area (Å²) in [4.78, 5) is 20.2. The molecule has 0 unspecified atom stereocenters. The van der Waals surface area contributed by atoms with Crippen LogP contribution in [0.3, 0.4) is 0 Å². The van der Waals surface area contributed by atoms with Gasteiger partial charge in [-0.3, -0.25) is 14.2 Å². The first kappa shape index (κ1) is 21.0. The Kier molecular flexibility index (Phi) is 5.87. The van der Waals surface area contributed by atoms with Crippen LogP contribution < -0.4 is 19.5 Å². The fraction of sp³-hybridized carbons (Fsp3) is 0.222. The van der Waals surface area contributed by atoms with Gasteiger partial charge in [0, 0.05) is 18.8 Å². The molecule has 3 aromatic rings. The first-order chi connectivity index (χ1) is 14.2. The Morgan fingerprint density at radius 3 is 2.33 bits per heavy atom. The van der Waals surface area contributed by atoms with Crippen molar-refractivity contribution in [2.75, 3.05) is 24.3 Å². The van der Waals surface area contributed by atoms with Crippen molar-refractivity contribution in [3.8, 4) is 11.9 Å².